The lowest BCUT2D eigenvalue weighted by molar-refractivity contribution is 0.0956. The highest BCUT2D eigenvalue weighted by molar-refractivity contribution is 6.07. The van der Waals surface area contributed by atoms with Gasteiger partial charge in [0.25, 0.3) is 5.91 Å². The van der Waals surface area contributed by atoms with E-state index in [1.807, 2.05) is 6.92 Å². The topological polar surface area (TPSA) is 126 Å². The summed E-state index contributed by atoms with van der Waals surface area (Å²) >= 11 is 0. The molecular weight excluding hydrogens is 425 g/mol. The van der Waals surface area contributed by atoms with Crippen molar-refractivity contribution >= 4 is 34.6 Å². The van der Waals surface area contributed by atoms with Gasteiger partial charge in [-0.2, -0.15) is 5.10 Å². The van der Waals surface area contributed by atoms with Crippen molar-refractivity contribution in [2.75, 3.05) is 22.9 Å². The zero-order valence-corrected chi connectivity index (χ0v) is 18.0. The Kier molecular flexibility index (Phi) is 5.90. The van der Waals surface area contributed by atoms with Crippen LogP contribution in [0.15, 0.2) is 55.0 Å². The number of nitrogens with zero attached hydrogens (tertiary/aromatic N) is 3. The Balaban J connectivity index is 1.61. The second kappa shape index (κ2) is 8.95. The van der Waals surface area contributed by atoms with Crippen molar-refractivity contribution in [1.29, 1.82) is 0 Å². The molecule has 5 N–H and O–H groups in total. The predicted octanol–water partition coefficient (Wildman–Crippen LogP) is 3.82. The van der Waals surface area contributed by atoms with Crippen LogP contribution in [0.25, 0.3) is 16.6 Å². The van der Waals surface area contributed by atoms with E-state index < -0.39 is 11.8 Å². The van der Waals surface area contributed by atoms with Crippen molar-refractivity contribution in [3.63, 3.8) is 0 Å². The number of nitrogen functional groups attached to an aromatic ring is 1. The van der Waals surface area contributed by atoms with E-state index >= 15 is 0 Å². The number of carbonyl (C=O) groups is 2. The third-order valence-corrected chi connectivity index (χ3v) is 4.92. The van der Waals surface area contributed by atoms with Crippen LogP contribution in [0.3, 0.4) is 0 Å². The number of aromatic nitrogens is 3. The molecule has 0 saturated heterocycles. The maximum atomic E-state index is 13.5. The van der Waals surface area contributed by atoms with Crippen LogP contribution >= 0.6 is 0 Å². The van der Waals surface area contributed by atoms with Gasteiger partial charge in [-0.05, 0) is 55.3 Å². The summed E-state index contributed by atoms with van der Waals surface area (Å²) in [4.78, 5) is 29.0. The molecule has 2 aromatic carbocycles. The fraction of sp³-hybridized carbons (Fsp3) is 0.130. The number of halogens is 1. The zero-order valence-electron chi connectivity index (χ0n) is 18.0. The average Bonchev–Trinajstić information content (AvgIpc) is 3.15. The van der Waals surface area contributed by atoms with Gasteiger partial charge in [-0.15, -0.1) is 0 Å². The van der Waals surface area contributed by atoms with Gasteiger partial charge in [0.2, 0.25) is 0 Å². The van der Waals surface area contributed by atoms with Crippen molar-refractivity contribution in [3.05, 3.63) is 71.9 Å². The minimum atomic E-state index is -0.511. The molecule has 4 rings (SSSR count). The Hall–Kier alpha value is -4.47. The monoisotopic (exact) mass is 447 g/mol. The Morgan fingerprint density at radius 2 is 1.82 bits per heavy atom. The molecule has 10 heteroatoms. The molecule has 0 spiro atoms. The molecule has 0 fully saturated rings. The summed E-state index contributed by atoms with van der Waals surface area (Å²) in [6.07, 6.45) is 2.92. The van der Waals surface area contributed by atoms with Gasteiger partial charge in [0.15, 0.2) is 5.82 Å². The lowest BCUT2D eigenvalue weighted by Gasteiger charge is -2.10. The van der Waals surface area contributed by atoms with E-state index in [0.29, 0.717) is 45.7 Å². The average molecular weight is 447 g/mol. The van der Waals surface area contributed by atoms with Gasteiger partial charge in [0.05, 0.1) is 5.56 Å². The van der Waals surface area contributed by atoms with E-state index in [9.17, 15) is 14.0 Å². The molecule has 2 heterocycles. The normalized spacial score (nSPS) is 10.8. The van der Waals surface area contributed by atoms with E-state index in [-0.39, 0.29) is 11.7 Å². The Labute approximate surface area is 188 Å². The summed E-state index contributed by atoms with van der Waals surface area (Å²) in [6, 6.07) is 10.7. The number of nitrogens with one attached hydrogen (secondary N) is 3. The van der Waals surface area contributed by atoms with Crippen molar-refractivity contribution in [1.82, 2.24) is 19.9 Å². The number of hydrogen-bond donors (Lipinski definition) is 4. The van der Waals surface area contributed by atoms with E-state index in [1.54, 1.807) is 43.5 Å². The number of urea groups is 1. The molecule has 0 atom stereocenters. The molecule has 0 radical (unpaired) electrons. The van der Waals surface area contributed by atoms with Gasteiger partial charge >= 0.3 is 6.03 Å². The van der Waals surface area contributed by atoms with Crippen molar-refractivity contribution in [2.24, 2.45) is 0 Å². The molecule has 0 unspecified atom stereocenters. The first kappa shape index (κ1) is 21.8. The summed E-state index contributed by atoms with van der Waals surface area (Å²) in [7, 11) is 0. The van der Waals surface area contributed by atoms with Crippen LogP contribution < -0.4 is 21.7 Å². The smallest absolute Gasteiger partial charge is 0.323 e. The highest BCUT2D eigenvalue weighted by atomic mass is 19.1. The number of rotatable bonds is 5. The summed E-state index contributed by atoms with van der Waals surface area (Å²) < 4.78 is 15.1. The molecule has 168 valence electrons. The second-order valence-electron chi connectivity index (χ2n) is 7.39. The first-order chi connectivity index (χ1) is 15.9. The molecule has 0 aliphatic heterocycles. The van der Waals surface area contributed by atoms with Gasteiger partial charge in [0, 0.05) is 29.7 Å². The summed E-state index contributed by atoms with van der Waals surface area (Å²) in [5.41, 5.74) is 9.84. The van der Waals surface area contributed by atoms with Crippen molar-refractivity contribution < 1.29 is 14.0 Å². The van der Waals surface area contributed by atoms with Crippen LogP contribution in [0.5, 0.6) is 0 Å². The van der Waals surface area contributed by atoms with Gasteiger partial charge in [-0.1, -0.05) is 12.1 Å². The Bertz CT molecular complexity index is 1330. The van der Waals surface area contributed by atoms with Crippen LogP contribution in [0, 0.1) is 12.7 Å². The Morgan fingerprint density at radius 1 is 1.09 bits per heavy atom. The SMILES string of the molecule is CCNC(=O)c1cn2ncnc(N)c2c1-c1ccc(NC(=O)Nc2cc(C)cc(F)c2)cc1. The van der Waals surface area contributed by atoms with E-state index in [2.05, 4.69) is 26.0 Å². The molecule has 4 aromatic rings. The van der Waals surface area contributed by atoms with Gasteiger partial charge in [0.1, 0.15) is 17.7 Å². The standard InChI is InChI=1S/C23H22FN7O2/c1-3-26-22(32)18-11-31-20(21(25)27-12-28-31)19(18)14-4-6-16(7-5-14)29-23(33)30-17-9-13(2)8-15(24)10-17/h4-12H,3H2,1-2H3,(H,26,32)(H2,25,27,28)(H2,29,30,33). The third kappa shape index (κ3) is 4.59. The molecule has 9 nitrogen and oxygen atoms in total. The number of benzene rings is 2. The molecule has 0 saturated carbocycles. The highest BCUT2D eigenvalue weighted by Crippen LogP contribution is 2.33. The van der Waals surface area contributed by atoms with Gasteiger partial charge < -0.3 is 21.7 Å². The quantitative estimate of drug-likeness (QED) is 0.370. The van der Waals surface area contributed by atoms with E-state index in [4.69, 9.17) is 5.73 Å². The number of amides is 3. The highest BCUT2D eigenvalue weighted by Gasteiger charge is 2.21. The molecule has 3 amide bonds. The molecule has 2 aromatic heterocycles. The number of hydrogen-bond acceptors (Lipinski definition) is 5. The second-order valence-corrected chi connectivity index (χ2v) is 7.39. The number of anilines is 3. The van der Waals surface area contributed by atoms with E-state index in [0.717, 1.165) is 0 Å². The fourth-order valence-corrected chi connectivity index (χ4v) is 3.58. The maximum Gasteiger partial charge on any atom is 0.323 e. The fourth-order valence-electron chi connectivity index (χ4n) is 3.58. The minimum absolute atomic E-state index is 0.238. The zero-order chi connectivity index (χ0) is 23.5. The third-order valence-electron chi connectivity index (χ3n) is 4.92. The molecule has 33 heavy (non-hydrogen) atoms. The lowest BCUT2D eigenvalue weighted by Crippen LogP contribution is -2.22. The lowest BCUT2D eigenvalue weighted by atomic mass is 10.0. The first-order valence-electron chi connectivity index (χ1n) is 10.2. The number of aryl methyl sites for hydroxylation is 1. The minimum Gasteiger partial charge on any atom is -0.382 e. The van der Waals surface area contributed by atoms with Crippen LogP contribution in [0.4, 0.5) is 26.4 Å². The Morgan fingerprint density at radius 3 is 2.52 bits per heavy atom. The number of nitrogens with two attached hydrogens (primary N) is 1. The number of carbonyl (C=O) groups excluding carboxylic acids is 2. The predicted molar refractivity (Wildman–Crippen MR) is 125 cm³/mol. The summed E-state index contributed by atoms with van der Waals surface area (Å²) in [6.45, 7) is 4.04. The maximum absolute atomic E-state index is 13.5. The first-order valence-corrected chi connectivity index (χ1v) is 10.2. The van der Waals surface area contributed by atoms with Gasteiger partial charge in [-0.3, -0.25) is 4.79 Å². The number of fused-ring (bicyclic) bond motifs is 1. The van der Waals surface area contributed by atoms with Gasteiger partial charge in [-0.25, -0.2) is 18.7 Å². The largest absolute Gasteiger partial charge is 0.382 e. The molecule has 0 bridgehead atoms. The summed E-state index contributed by atoms with van der Waals surface area (Å²) in [5.74, 6) is -0.451. The van der Waals surface area contributed by atoms with Crippen molar-refractivity contribution in [2.45, 2.75) is 13.8 Å². The summed E-state index contributed by atoms with van der Waals surface area (Å²) in [5, 5.41) is 12.2. The van der Waals surface area contributed by atoms with Crippen LogP contribution in [0.2, 0.25) is 0 Å². The molecular formula is C23H22FN7O2. The molecule has 0 aliphatic carbocycles. The van der Waals surface area contributed by atoms with Crippen LogP contribution in [-0.2, 0) is 0 Å². The van der Waals surface area contributed by atoms with E-state index in [1.165, 1.54) is 23.0 Å². The van der Waals surface area contributed by atoms with Crippen LogP contribution in [-0.4, -0.2) is 33.1 Å². The van der Waals surface area contributed by atoms with Crippen molar-refractivity contribution in [3.8, 4) is 11.1 Å². The van der Waals surface area contributed by atoms with Crippen LogP contribution in [0.1, 0.15) is 22.8 Å². The molecule has 0 aliphatic rings.